The van der Waals surface area contributed by atoms with Crippen LogP contribution in [0.1, 0.15) is 25.3 Å². The summed E-state index contributed by atoms with van der Waals surface area (Å²) in [4.78, 5) is 36.8. The average Bonchev–Trinajstić information content (AvgIpc) is 2.78. The number of β-amino-alcohol motifs (C(OH)–C–C–N with tert-alkyl or cyclic N) is 1. The van der Waals surface area contributed by atoms with E-state index < -0.39 is 11.8 Å². The first-order valence-corrected chi connectivity index (χ1v) is 7.82. The highest BCUT2D eigenvalue weighted by Gasteiger charge is 2.30. The molecule has 0 radical (unpaired) electrons. The molecule has 0 bridgehead atoms. The molecule has 0 saturated carbocycles. The first-order valence-electron chi connectivity index (χ1n) is 7.82. The van der Waals surface area contributed by atoms with Gasteiger partial charge in [0.15, 0.2) is 0 Å². The number of hydrogen-bond acceptors (Lipinski definition) is 5. The third-order valence-electron chi connectivity index (χ3n) is 3.53. The normalized spacial score (nSPS) is 14.0. The van der Waals surface area contributed by atoms with Crippen LogP contribution in [0.25, 0.3) is 0 Å². The molecule has 0 spiro atoms. The number of carbonyl (C=O) groups is 3. The van der Waals surface area contributed by atoms with Crippen molar-refractivity contribution in [1.29, 1.82) is 0 Å². The minimum absolute atomic E-state index is 0.0484. The van der Waals surface area contributed by atoms with Crippen molar-refractivity contribution in [1.82, 2.24) is 4.90 Å². The molecule has 128 valence electrons. The van der Waals surface area contributed by atoms with E-state index in [0.29, 0.717) is 17.8 Å². The molecule has 0 saturated heterocycles. The van der Waals surface area contributed by atoms with Crippen LogP contribution in [0.15, 0.2) is 30.0 Å². The van der Waals surface area contributed by atoms with Gasteiger partial charge in [-0.15, -0.1) is 0 Å². The number of anilines is 2. The number of carbonyl (C=O) groups excluding carboxylic acids is 3. The van der Waals surface area contributed by atoms with Gasteiger partial charge in [-0.25, -0.2) is 0 Å². The van der Waals surface area contributed by atoms with E-state index in [1.807, 2.05) is 19.9 Å². The molecule has 0 unspecified atom stereocenters. The first kappa shape index (κ1) is 17.7. The zero-order valence-corrected chi connectivity index (χ0v) is 13.8. The Morgan fingerprint density at radius 3 is 2.67 bits per heavy atom. The molecule has 3 N–H and O–H groups in total. The molecule has 1 aliphatic heterocycles. The van der Waals surface area contributed by atoms with Crippen LogP contribution < -0.4 is 10.6 Å². The van der Waals surface area contributed by atoms with Gasteiger partial charge in [-0.2, -0.15) is 0 Å². The van der Waals surface area contributed by atoms with Gasteiger partial charge in [0.2, 0.25) is 5.91 Å². The summed E-state index contributed by atoms with van der Waals surface area (Å²) in [5.74, 6) is -1.09. The smallest absolute Gasteiger partial charge is 0.277 e. The SMILES string of the molecule is CCCC(=O)Nc1ccc(C)cc1NC1=CC(=O)N(CCO)C1=O. The summed E-state index contributed by atoms with van der Waals surface area (Å²) in [5.41, 5.74) is 2.14. The Labute approximate surface area is 140 Å². The minimum atomic E-state index is -0.499. The van der Waals surface area contributed by atoms with E-state index in [2.05, 4.69) is 10.6 Å². The van der Waals surface area contributed by atoms with Crippen LogP contribution in [0, 0.1) is 6.92 Å². The Morgan fingerprint density at radius 1 is 1.25 bits per heavy atom. The van der Waals surface area contributed by atoms with E-state index in [-0.39, 0.29) is 24.8 Å². The van der Waals surface area contributed by atoms with E-state index in [4.69, 9.17) is 5.11 Å². The van der Waals surface area contributed by atoms with Crippen LogP contribution in [0.2, 0.25) is 0 Å². The summed E-state index contributed by atoms with van der Waals surface area (Å²) >= 11 is 0. The fraction of sp³-hybridized carbons (Fsp3) is 0.353. The number of aliphatic hydroxyl groups is 1. The van der Waals surface area contributed by atoms with Gasteiger partial charge in [0.1, 0.15) is 5.70 Å². The summed E-state index contributed by atoms with van der Waals surface area (Å²) in [7, 11) is 0. The molecule has 0 atom stereocenters. The predicted molar refractivity (Wildman–Crippen MR) is 90.2 cm³/mol. The van der Waals surface area contributed by atoms with E-state index in [0.717, 1.165) is 16.9 Å². The van der Waals surface area contributed by atoms with Crippen molar-refractivity contribution in [2.45, 2.75) is 26.7 Å². The van der Waals surface area contributed by atoms with Crippen molar-refractivity contribution in [3.63, 3.8) is 0 Å². The second-order valence-corrected chi connectivity index (χ2v) is 5.55. The van der Waals surface area contributed by atoms with Crippen LogP contribution >= 0.6 is 0 Å². The van der Waals surface area contributed by atoms with Crippen molar-refractivity contribution in [3.05, 3.63) is 35.5 Å². The van der Waals surface area contributed by atoms with Crippen molar-refractivity contribution in [2.24, 2.45) is 0 Å². The molecular weight excluding hydrogens is 310 g/mol. The van der Waals surface area contributed by atoms with Gasteiger partial charge >= 0.3 is 0 Å². The van der Waals surface area contributed by atoms with Crippen molar-refractivity contribution >= 4 is 29.1 Å². The zero-order chi connectivity index (χ0) is 17.7. The van der Waals surface area contributed by atoms with Crippen LogP contribution in [-0.4, -0.2) is 40.9 Å². The van der Waals surface area contributed by atoms with Gasteiger partial charge < -0.3 is 15.7 Å². The molecule has 1 aromatic carbocycles. The second kappa shape index (κ2) is 7.74. The highest BCUT2D eigenvalue weighted by Crippen LogP contribution is 2.26. The van der Waals surface area contributed by atoms with Gasteiger partial charge in [0.25, 0.3) is 11.8 Å². The lowest BCUT2D eigenvalue weighted by Gasteiger charge is -2.16. The molecule has 1 heterocycles. The van der Waals surface area contributed by atoms with Gasteiger partial charge in [-0.05, 0) is 31.0 Å². The fourth-order valence-electron chi connectivity index (χ4n) is 2.37. The Kier molecular flexibility index (Phi) is 5.70. The molecule has 3 amide bonds. The zero-order valence-electron chi connectivity index (χ0n) is 13.8. The maximum absolute atomic E-state index is 12.2. The van der Waals surface area contributed by atoms with Gasteiger partial charge in [0, 0.05) is 12.5 Å². The number of imide groups is 1. The fourth-order valence-corrected chi connectivity index (χ4v) is 2.37. The number of benzene rings is 1. The Hall–Kier alpha value is -2.67. The Morgan fingerprint density at radius 2 is 2.00 bits per heavy atom. The molecule has 7 nitrogen and oxygen atoms in total. The lowest BCUT2D eigenvalue weighted by Crippen LogP contribution is -2.34. The number of nitrogens with zero attached hydrogens (tertiary/aromatic N) is 1. The third-order valence-corrected chi connectivity index (χ3v) is 3.53. The van der Waals surface area contributed by atoms with Gasteiger partial charge in [-0.3, -0.25) is 19.3 Å². The second-order valence-electron chi connectivity index (χ2n) is 5.55. The maximum Gasteiger partial charge on any atom is 0.277 e. The lowest BCUT2D eigenvalue weighted by molar-refractivity contribution is -0.137. The Bertz CT molecular complexity index is 697. The maximum atomic E-state index is 12.2. The molecule has 0 fully saturated rings. The van der Waals surface area contributed by atoms with Crippen molar-refractivity contribution < 1.29 is 19.5 Å². The molecule has 0 aliphatic carbocycles. The van der Waals surface area contributed by atoms with E-state index >= 15 is 0 Å². The number of hydrogen-bond donors (Lipinski definition) is 3. The average molecular weight is 331 g/mol. The van der Waals surface area contributed by atoms with Gasteiger partial charge in [0.05, 0.1) is 24.5 Å². The van der Waals surface area contributed by atoms with E-state index in [9.17, 15) is 14.4 Å². The monoisotopic (exact) mass is 331 g/mol. The molecule has 24 heavy (non-hydrogen) atoms. The van der Waals surface area contributed by atoms with E-state index in [1.54, 1.807) is 12.1 Å². The van der Waals surface area contributed by atoms with Crippen LogP contribution in [0.5, 0.6) is 0 Å². The van der Waals surface area contributed by atoms with Crippen molar-refractivity contribution in [2.75, 3.05) is 23.8 Å². The standard InChI is InChI=1S/C17H21N3O4/c1-3-4-15(22)19-12-6-5-11(2)9-13(12)18-14-10-16(23)20(7-8-21)17(14)24/h5-6,9-10,18,21H,3-4,7-8H2,1-2H3,(H,19,22). The number of amides is 3. The largest absolute Gasteiger partial charge is 0.395 e. The minimum Gasteiger partial charge on any atom is -0.395 e. The summed E-state index contributed by atoms with van der Waals surface area (Å²) in [6.45, 7) is 3.46. The summed E-state index contributed by atoms with van der Waals surface area (Å²) in [6.07, 6.45) is 2.32. The highest BCUT2D eigenvalue weighted by atomic mass is 16.3. The molecule has 7 heteroatoms. The van der Waals surface area contributed by atoms with Crippen LogP contribution in [-0.2, 0) is 14.4 Å². The summed E-state index contributed by atoms with van der Waals surface area (Å²) in [6, 6.07) is 5.38. The Balaban J connectivity index is 2.21. The van der Waals surface area contributed by atoms with Crippen LogP contribution in [0.4, 0.5) is 11.4 Å². The van der Waals surface area contributed by atoms with E-state index in [1.165, 1.54) is 6.08 Å². The number of nitrogens with one attached hydrogen (secondary N) is 2. The molecule has 0 aromatic heterocycles. The number of rotatable bonds is 7. The predicted octanol–water partition coefficient (Wildman–Crippen LogP) is 1.39. The molecule has 1 aromatic rings. The third kappa shape index (κ3) is 3.99. The van der Waals surface area contributed by atoms with Gasteiger partial charge in [-0.1, -0.05) is 13.0 Å². The molecule has 1 aliphatic rings. The molecule has 2 rings (SSSR count). The summed E-state index contributed by atoms with van der Waals surface area (Å²) in [5, 5.41) is 14.6. The van der Waals surface area contributed by atoms with Crippen molar-refractivity contribution in [3.8, 4) is 0 Å². The highest BCUT2D eigenvalue weighted by molar-refractivity contribution is 6.17. The topological polar surface area (TPSA) is 98.7 Å². The first-order chi connectivity index (χ1) is 11.5. The molecular formula is C17H21N3O4. The summed E-state index contributed by atoms with van der Waals surface area (Å²) < 4.78 is 0. The lowest BCUT2D eigenvalue weighted by atomic mass is 10.1. The number of aliphatic hydroxyl groups excluding tert-OH is 1. The van der Waals surface area contributed by atoms with Crippen LogP contribution in [0.3, 0.4) is 0 Å². The quantitative estimate of drug-likeness (QED) is 0.656. The number of aryl methyl sites for hydroxylation is 1.